The SMILES string of the molecule is O=C(O)c1ccc(O)c(-n2nc3cc(Cl)cc(Br)c3n2)c1. The molecule has 3 rings (SSSR count). The van der Waals surface area contributed by atoms with E-state index in [-0.39, 0.29) is 17.0 Å². The molecule has 106 valence electrons. The molecule has 3 aromatic rings. The Kier molecular flexibility index (Phi) is 3.30. The summed E-state index contributed by atoms with van der Waals surface area (Å²) in [6.07, 6.45) is 0. The van der Waals surface area contributed by atoms with E-state index < -0.39 is 5.97 Å². The van der Waals surface area contributed by atoms with Gasteiger partial charge in [-0.2, -0.15) is 0 Å². The van der Waals surface area contributed by atoms with Crippen LogP contribution in [0.5, 0.6) is 5.75 Å². The maximum atomic E-state index is 11.0. The van der Waals surface area contributed by atoms with Crippen molar-refractivity contribution >= 4 is 44.5 Å². The summed E-state index contributed by atoms with van der Waals surface area (Å²) in [6.45, 7) is 0. The average Bonchev–Trinajstić information content (AvgIpc) is 2.82. The van der Waals surface area contributed by atoms with Crippen molar-refractivity contribution in [2.24, 2.45) is 0 Å². The molecule has 0 atom stereocenters. The third-order valence-corrected chi connectivity index (χ3v) is 3.67. The molecular formula is C13H7BrClN3O3. The van der Waals surface area contributed by atoms with Crippen LogP contribution in [0.1, 0.15) is 10.4 Å². The van der Waals surface area contributed by atoms with Gasteiger partial charge in [0.15, 0.2) is 0 Å². The number of aromatic carboxylic acids is 1. The van der Waals surface area contributed by atoms with Crippen LogP contribution in [0.15, 0.2) is 34.8 Å². The number of benzene rings is 2. The predicted molar refractivity (Wildman–Crippen MR) is 80.2 cm³/mol. The Morgan fingerprint density at radius 2 is 2.00 bits per heavy atom. The van der Waals surface area contributed by atoms with Crippen LogP contribution in [0, 0.1) is 0 Å². The first kappa shape index (κ1) is 13.8. The lowest BCUT2D eigenvalue weighted by Gasteiger charge is -2.03. The third-order valence-electron chi connectivity index (χ3n) is 2.84. The Hall–Kier alpha value is -2.12. The Morgan fingerprint density at radius 3 is 2.71 bits per heavy atom. The van der Waals surface area contributed by atoms with Gasteiger partial charge >= 0.3 is 5.97 Å². The van der Waals surface area contributed by atoms with Crippen LogP contribution in [0.2, 0.25) is 5.02 Å². The highest BCUT2D eigenvalue weighted by Crippen LogP contribution is 2.28. The Morgan fingerprint density at radius 1 is 1.24 bits per heavy atom. The number of halogens is 2. The summed E-state index contributed by atoms with van der Waals surface area (Å²) in [5, 5.41) is 27.8. The van der Waals surface area contributed by atoms with Crippen molar-refractivity contribution in [1.82, 2.24) is 15.0 Å². The van der Waals surface area contributed by atoms with Crippen LogP contribution >= 0.6 is 27.5 Å². The molecule has 2 aromatic carbocycles. The van der Waals surface area contributed by atoms with Crippen LogP contribution in [-0.2, 0) is 0 Å². The molecule has 21 heavy (non-hydrogen) atoms. The normalized spacial score (nSPS) is 11.0. The lowest BCUT2D eigenvalue weighted by molar-refractivity contribution is 0.0697. The van der Waals surface area contributed by atoms with E-state index in [9.17, 15) is 9.90 Å². The molecule has 0 aliphatic carbocycles. The number of nitrogens with zero attached hydrogens (tertiary/aromatic N) is 3. The van der Waals surface area contributed by atoms with Gasteiger partial charge in [0.25, 0.3) is 0 Å². The van der Waals surface area contributed by atoms with Crippen molar-refractivity contribution < 1.29 is 15.0 Å². The smallest absolute Gasteiger partial charge is 0.335 e. The molecule has 0 spiro atoms. The van der Waals surface area contributed by atoms with Gasteiger partial charge in [-0.1, -0.05) is 11.6 Å². The number of aromatic hydroxyl groups is 1. The first-order chi connectivity index (χ1) is 9.95. The largest absolute Gasteiger partial charge is 0.506 e. The van der Waals surface area contributed by atoms with E-state index in [2.05, 4.69) is 26.1 Å². The molecule has 0 radical (unpaired) electrons. The lowest BCUT2D eigenvalue weighted by Crippen LogP contribution is -2.03. The zero-order valence-corrected chi connectivity index (χ0v) is 12.6. The van der Waals surface area contributed by atoms with E-state index in [4.69, 9.17) is 16.7 Å². The Labute approximate surface area is 131 Å². The fourth-order valence-electron chi connectivity index (χ4n) is 1.87. The first-order valence-electron chi connectivity index (χ1n) is 5.74. The van der Waals surface area contributed by atoms with Crippen LogP contribution < -0.4 is 0 Å². The maximum absolute atomic E-state index is 11.0. The zero-order chi connectivity index (χ0) is 15.1. The van der Waals surface area contributed by atoms with Gasteiger partial charge in [0.2, 0.25) is 0 Å². The first-order valence-corrected chi connectivity index (χ1v) is 6.91. The van der Waals surface area contributed by atoms with Gasteiger partial charge < -0.3 is 10.2 Å². The number of carboxylic acids is 1. The van der Waals surface area contributed by atoms with E-state index >= 15 is 0 Å². The Bertz CT molecular complexity index is 878. The highest BCUT2D eigenvalue weighted by molar-refractivity contribution is 9.10. The van der Waals surface area contributed by atoms with Crippen molar-refractivity contribution in [3.05, 3.63) is 45.4 Å². The third kappa shape index (κ3) is 2.45. The number of phenols is 1. The van der Waals surface area contributed by atoms with Crippen LogP contribution in [0.25, 0.3) is 16.7 Å². The van der Waals surface area contributed by atoms with Crippen LogP contribution in [-0.4, -0.2) is 31.2 Å². The molecule has 0 unspecified atom stereocenters. The maximum Gasteiger partial charge on any atom is 0.335 e. The molecule has 6 nitrogen and oxygen atoms in total. The summed E-state index contributed by atoms with van der Waals surface area (Å²) >= 11 is 9.28. The van der Waals surface area contributed by atoms with E-state index in [1.165, 1.54) is 23.0 Å². The minimum absolute atomic E-state index is 0.0289. The van der Waals surface area contributed by atoms with Crippen molar-refractivity contribution in [2.75, 3.05) is 0 Å². The van der Waals surface area contributed by atoms with Gasteiger partial charge in [0.05, 0.1) is 5.56 Å². The number of carboxylic acid groups (broad SMARTS) is 1. The van der Waals surface area contributed by atoms with Crippen LogP contribution in [0.4, 0.5) is 0 Å². The molecule has 0 saturated heterocycles. The quantitative estimate of drug-likeness (QED) is 0.725. The predicted octanol–water partition coefficient (Wildman–Crippen LogP) is 3.24. The van der Waals surface area contributed by atoms with Crippen molar-refractivity contribution in [1.29, 1.82) is 0 Å². The lowest BCUT2D eigenvalue weighted by atomic mass is 10.2. The fraction of sp³-hybridized carbons (Fsp3) is 0. The number of carbonyl (C=O) groups is 1. The molecule has 0 saturated carbocycles. The second-order valence-corrected chi connectivity index (χ2v) is 5.54. The summed E-state index contributed by atoms with van der Waals surface area (Å²) in [5.74, 6) is -1.22. The van der Waals surface area contributed by atoms with Gasteiger partial charge in [-0.3, -0.25) is 0 Å². The number of hydrogen-bond donors (Lipinski definition) is 2. The average molecular weight is 369 g/mol. The van der Waals surface area contributed by atoms with Gasteiger partial charge in [0, 0.05) is 9.50 Å². The topological polar surface area (TPSA) is 88.2 Å². The van der Waals surface area contributed by atoms with E-state index in [0.29, 0.717) is 20.5 Å². The fourth-order valence-corrected chi connectivity index (χ4v) is 2.74. The number of aromatic nitrogens is 3. The highest BCUT2D eigenvalue weighted by atomic mass is 79.9. The van der Waals surface area contributed by atoms with Crippen molar-refractivity contribution in [3.63, 3.8) is 0 Å². The Balaban J connectivity index is 2.23. The molecule has 0 amide bonds. The highest BCUT2D eigenvalue weighted by Gasteiger charge is 2.14. The summed E-state index contributed by atoms with van der Waals surface area (Å²) in [5.41, 5.74) is 1.28. The number of hydrogen-bond acceptors (Lipinski definition) is 4. The number of fused-ring (bicyclic) bond motifs is 1. The monoisotopic (exact) mass is 367 g/mol. The minimum atomic E-state index is -1.10. The van der Waals surface area contributed by atoms with E-state index in [1.807, 2.05) is 0 Å². The minimum Gasteiger partial charge on any atom is -0.506 e. The second-order valence-electron chi connectivity index (χ2n) is 4.25. The summed E-state index contributed by atoms with van der Waals surface area (Å²) in [6, 6.07) is 7.19. The van der Waals surface area contributed by atoms with Crippen molar-refractivity contribution in [3.8, 4) is 11.4 Å². The number of phenolic OH excluding ortho intramolecular Hbond substituents is 1. The van der Waals surface area contributed by atoms with Gasteiger partial charge in [-0.05, 0) is 46.3 Å². The standard InChI is InChI=1S/C13H7BrClN3O3/c14-8-4-7(15)5-9-12(8)17-18(16-9)10-3-6(13(20)21)1-2-11(10)19/h1-5,19H,(H,20,21). The van der Waals surface area contributed by atoms with Gasteiger partial charge in [-0.25, -0.2) is 4.79 Å². The molecular weight excluding hydrogens is 362 g/mol. The molecule has 1 aromatic heterocycles. The molecule has 1 heterocycles. The number of rotatable bonds is 2. The molecule has 0 aliphatic heterocycles. The van der Waals surface area contributed by atoms with Crippen LogP contribution in [0.3, 0.4) is 0 Å². The summed E-state index contributed by atoms with van der Waals surface area (Å²) in [7, 11) is 0. The van der Waals surface area contributed by atoms with E-state index in [1.54, 1.807) is 12.1 Å². The van der Waals surface area contributed by atoms with Gasteiger partial charge in [0.1, 0.15) is 22.5 Å². The summed E-state index contributed by atoms with van der Waals surface area (Å²) < 4.78 is 0.658. The van der Waals surface area contributed by atoms with Crippen molar-refractivity contribution in [2.45, 2.75) is 0 Å². The summed E-state index contributed by atoms with van der Waals surface area (Å²) in [4.78, 5) is 12.2. The molecule has 0 fully saturated rings. The van der Waals surface area contributed by atoms with E-state index in [0.717, 1.165) is 0 Å². The molecule has 0 bridgehead atoms. The molecule has 0 aliphatic rings. The second kappa shape index (κ2) is 5.01. The zero-order valence-electron chi connectivity index (χ0n) is 10.3. The molecule has 2 N–H and O–H groups in total. The molecule has 8 heteroatoms. The van der Waals surface area contributed by atoms with Gasteiger partial charge in [-0.15, -0.1) is 15.0 Å².